The molecule has 2 aromatic heterocycles. The molecule has 45 heavy (non-hydrogen) atoms. The second-order valence-electron chi connectivity index (χ2n) is 10.6. The highest BCUT2D eigenvalue weighted by Gasteiger charge is 2.38. The average molecular weight is 623 g/mol. The van der Waals surface area contributed by atoms with Gasteiger partial charge in [0, 0.05) is 70.2 Å². The number of carbonyl (C=O) groups is 1. The maximum absolute atomic E-state index is 15.3. The van der Waals surface area contributed by atoms with Crippen LogP contribution in [0.25, 0.3) is 44.3 Å². The van der Waals surface area contributed by atoms with Gasteiger partial charge in [0.15, 0.2) is 11.6 Å². The number of rotatable bonds is 4. The second-order valence-corrected chi connectivity index (χ2v) is 10.6. The number of nitrogens with one attached hydrogen (secondary N) is 4. The lowest BCUT2D eigenvalue weighted by Gasteiger charge is -2.14. The molecular formula is C32H27F5N6O2. The highest BCUT2D eigenvalue weighted by molar-refractivity contribution is 6.03. The Balaban J connectivity index is 0.000000460. The van der Waals surface area contributed by atoms with Crippen LogP contribution in [-0.2, 0) is 4.79 Å². The fourth-order valence-electron chi connectivity index (χ4n) is 5.27. The van der Waals surface area contributed by atoms with Crippen LogP contribution in [0.3, 0.4) is 0 Å². The maximum Gasteiger partial charge on any atom is 0.490 e. The van der Waals surface area contributed by atoms with E-state index in [4.69, 9.17) is 9.90 Å². The number of aromatic nitrogens is 2. The summed E-state index contributed by atoms with van der Waals surface area (Å²) >= 11 is 0. The minimum atomic E-state index is -5.08. The molecule has 0 radical (unpaired) electrons. The van der Waals surface area contributed by atoms with Gasteiger partial charge in [-0.1, -0.05) is 36.4 Å². The molecule has 0 amide bonds. The lowest BCUT2D eigenvalue weighted by atomic mass is 10.1. The predicted octanol–water partition coefficient (Wildman–Crippen LogP) is 6.37. The third-order valence-corrected chi connectivity index (χ3v) is 7.52. The Morgan fingerprint density at radius 2 is 1.04 bits per heavy atom. The molecule has 0 fully saturated rings. The summed E-state index contributed by atoms with van der Waals surface area (Å²) in [5.74, 6) is -1.68. The van der Waals surface area contributed by atoms with Gasteiger partial charge in [0.05, 0.1) is 11.4 Å². The summed E-state index contributed by atoms with van der Waals surface area (Å²) in [6, 6.07) is 18.5. The monoisotopic (exact) mass is 622 g/mol. The van der Waals surface area contributed by atoms with Gasteiger partial charge in [0.25, 0.3) is 0 Å². The zero-order chi connectivity index (χ0) is 31.7. The first-order chi connectivity index (χ1) is 21.6. The van der Waals surface area contributed by atoms with Crippen LogP contribution in [0.1, 0.15) is 24.0 Å². The largest absolute Gasteiger partial charge is 0.490 e. The summed E-state index contributed by atoms with van der Waals surface area (Å²) in [5, 5.41) is 14.8. The van der Waals surface area contributed by atoms with Gasteiger partial charge in [-0.3, -0.25) is 9.98 Å². The Morgan fingerprint density at radius 1 is 0.667 bits per heavy atom. The zero-order valence-electron chi connectivity index (χ0n) is 23.7. The molecule has 0 spiro atoms. The lowest BCUT2D eigenvalue weighted by Crippen LogP contribution is -2.30. The van der Waals surface area contributed by atoms with Gasteiger partial charge in [-0.05, 0) is 37.1 Å². The number of carboxylic acids is 1. The van der Waals surface area contributed by atoms with E-state index in [-0.39, 0.29) is 11.6 Å². The van der Waals surface area contributed by atoms with Crippen molar-refractivity contribution < 1.29 is 31.9 Å². The number of halogens is 5. The van der Waals surface area contributed by atoms with Crippen molar-refractivity contribution in [2.24, 2.45) is 9.98 Å². The number of hydrogen-bond acceptors (Lipinski definition) is 5. The summed E-state index contributed by atoms with van der Waals surface area (Å²) in [6.45, 7) is 3.36. The van der Waals surface area contributed by atoms with E-state index in [0.717, 1.165) is 61.8 Å². The molecule has 2 aliphatic heterocycles. The van der Waals surface area contributed by atoms with Crippen LogP contribution in [0.15, 0.2) is 70.6 Å². The van der Waals surface area contributed by atoms with Crippen LogP contribution in [-0.4, -0.2) is 65.1 Å². The molecule has 0 bridgehead atoms. The molecule has 5 aromatic rings. The number of hydrogen-bond donors (Lipinski definition) is 5. The normalized spacial score (nSPS) is 15.0. The number of alkyl halides is 3. The number of aliphatic imine (C=N–C) groups is 2. The molecule has 0 unspecified atom stereocenters. The minimum Gasteiger partial charge on any atom is -0.475 e. The molecule has 4 heterocycles. The molecule has 13 heteroatoms. The molecule has 0 saturated heterocycles. The molecule has 232 valence electrons. The van der Waals surface area contributed by atoms with E-state index in [1.807, 2.05) is 48.5 Å². The predicted molar refractivity (Wildman–Crippen MR) is 163 cm³/mol. The van der Waals surface area contributed by atoms with Crippen LogP contribution in [0.4, 0.5) is 22.0 Å². The number of carboxylic acid groups (broad SMARTS) is 1. The first-order valence-electron chi connectivity index (χ1n) is 14.2. The maximum atomic E-state index is 15.3. The molecule has 3 aromatic carbocycles. The first kappa shape index (κ1) is 29.9. The molecule has 0 aliphatic carbocycles. The van der Waals surface area contributed by atoms with Crippen molar-refractivity contribution in [1.29, 1.82) is 0 Å². The standard InChI is InChI=1S/C30H26F2N6.C2HF3O2/c31-25-21-9-7-19(29-33-11-1-12-34-29)15-23(21)37-27(25)17-3-5-18(6-4-17)28-26(32)22-10-8-20(16-24(22)38-28)30-35-13-2-14-36-30;3-2(4,5)1(6)7/h3-10,15-16,37-38H,1-2,11-14H2,(H,33,34)(H,35,36);(H,6,7). The minimum absolute atomic E-state index is 0.304. The van der Waals surface area contributed by atoms with Gasteiger partial charge in [0.2, 0.25) is 0 Å². The van der Waals surface area contributed by atoms with E-state index in [1.54, 1.807) is 12.1 Å². The number of aliphatic carboxylic acids is 1. The van der Waals surface area contributed by atoms with Gasteiger partial charge in [0.1, 0.15) is 11.7 Å². The van der Waals surface area contributed by atoms with E-state index in [2.05, 4.69) is 30.6 Å². The number of nitrogens with zero attached hydrogens (tertiary/aromatic N) is 2. The van der Waals surface area contributed by atoms with Crippen molar-refractivity contribution in [2.75, 3.05) is 26.2 Å². The zero-order valence-corrected chi connectivity index (χ0v) is 23.7. The highest BCUT2D eigenvalue weighted by atomic mass is 19.4. The molecule has 7 rings (SSSR count). The number of fused-ring (bicyclic) bond motifs is 2. The fraction of sp³-hybridized carbons (Fsp3) is 0.219. The van der Waals surface area contributed by atoms with Crippen molar-refractivity contribution >= 4 is 39.4 Å². The van der Waals surface area contributed by atoms with E-state index in [0.29, 0.717) is 44.3 Å². The number of benzene rings is 3. The van der Waals surface area contributed by atoms with Gasteiger partial charge in [-0.15, -0.1) is 0 Å². The van der Waals surface area contributed by atoms with Gasteiger partial charge in [-0.2, -0.15) is 13.2 Å². The van der Waals surface area contributed by atoms with Gasteiger partial charge in [-0.25, -0.2) is 13.6 Å². The van der Waals surface area contributed by atoms with Crippen molar-refractivity contribution in [3.63, 3.8) is 0 Å². The average Bonchev–Trinajstić information content (AvgIpc) is 3.57. The third-order valence-electron chi connectivity index (χ3n) is 7.52. The van der Waals surface area contributed by atoms with Crippen LogP contribution in [0, 0.1) is 11.6 Å². The number of H-pyrrole nitrogens is 2. The summed E-state index contributed by atoms with van der Waals surface area (Å²) in [6.07, 6.45) is -3.06. The Labute approximate surface area is 253 Å². The topological polar surface area (TPSA) is 118 Å². The van der Waals surface area contributed by atoms with Gasteiger partial charge < -0.3 is 25.7 Å². The summed E-state index contributed by atoms with van der Waals surface area (Å²) in [4.78, 5) is 24.4. The Morgan fingerprint density at radius 3 is 1.38 bits per heavy atom. The number of amidine groups is 2. The van der Waals surface area contributed by atoms with Crippen LogP contribution in [0.5, 0.6) is 0 Å². The smallest absolute Gasteiger partial charge is 0.475 e. The molecule has 0 saturated carbocycles. The Bertz CT molecular complexity index is 1830. The molecule has 5 N–H and O–H groups in total. The van der Waals surface area contributed by atoms with E-state index in [9.17, 15) is 13.2 Å². The molecule has 2 aliphatic rings. The molecule has 0 atom stereocenters. The lowest BCUT2D eigenvalue weighted by molar-refractivity contribution is -0.192. The summed E-state index contributed by atoms with van der Waals surface area (Å²) in [5.41, 5.74) is 5.49. The Hall–Kier alpha value is -5.20. The van der Waals surface area contributed by atoms with Crippen molar-refractivity contribution in [1.82, 2.24) is 20.6 Å². The van der Waals surface area contributed by atoms with Crippen LogP contribution < -0.4 is 10.6 Å². The third kappa shape index (κ3) is 6.10. The highest BCUT2D eigenvalue weighted by Crippen LogP contribution is 2.33. The van der Waals surface area contributed by atoms with Crippen LogP contribution in [0.2, 0.25) is 0 Å². The summed E-state index contributed by atoms with van der Waals surface area (Å²) in [7, 11) is 0. The van der Waals surface area contributed by atoms with E-state index >= 15 is 8.78 Å². The van der Waals surface area contributed by atoms with E-state index < -0.39 is 12.1 Å². The quantitative estimate of drug-likeness (QED) is 0.150. The molecular weight excluding hydrogens is 595 g/mol. The van der Waals surface area contributed by atoms with Crippen molar-refractivity contribution in [3.05, 3.63) is 83.4 Å². The van der Waals surface area contributed by atoms with Crippen molar-refractivity contribution in [3.8, 4) is 22.5 Å². The first-order valence-corrected chi connectivity index (χ1v) is 14.2. The van der Waals surface area contributed by atoms with E-state index in [1.165, 1.54) is 0 Å². The van der Waals surface area contributed by atoms with Crippen LogP contribution >= 0.6 is 0 Å². The second kappa shape index (κ2) is 12.1. The van der Waals surface area contributed by atoms with Gasteiger partial charge >= 0.3 is 12.1 Å². The fourth-order valence-corrected chi connectivity index (χ4v) is 5.27. The Kier molecular flexibility index (Phi) is 8.00. The SMILES string of the molecule is Fc1c(-c2ccc(-c3[nH]c4cc(C5=NCCCN5)ccc4c3F)cc2)[nH]c2cc(C3=NCCCN3)ccc12.O=C(O)C(F)(F)F. The number of aromatic amines is 2. The molecule has 8 nitrogen and oxygen atoms in total. The van der Waals surface area contributed by atoms with Crippen molar-refractivity contribution in [2.45, 2.75) is 19.0 Å². The summed E-state index contributed by atoms with van der Waals surface area (Å²) < 4.78 is 62.4.